The molecule has 1 aromatic carbocycles. The van der Waals surface area contributed by atoms with E-state index in [4.69, 9.17) is 5.73 Å². The fourth-order valence-electron chi connectivity index (χ4n) is 1.70. The number of hydrogen-bond donors (Lipinski definition) is 1. The second kappa shape index (κ2) is 7.17. The van der Waals surface area contributed by atoms with Gasteiger partial charge in [0.05, 0.1) is 0 Å². The van der Waals surface area contributed by atoms with E-state index in [2.05, 4.69) is 56.3 Å². The van der Waals surface area contributed by atoms with Gasteiger partial charge in [0.1, 0.15) is 0 Å². The molecule has 0 saturated heterocycles. The highest BCUT2D eigenvalue weighted by Gasteiger charge is 2.11. The van der Waals surface area contributed by atoms with Gasteiger partial charge in [-0.1, -0.05) is 12.1 Å². The fraction of sp³-hybridized carbons (Fsp3) is 0.600. The lowest BCUT2D eigenvalue weighted by Crippen LogP contribution is -2.36. The molecule has 0 aliphatic carbocycles. The number of likely N-dealkylation sites (N-methyl/N-ethyl adjacent to an activating group) is 1. The number of hydrogen-bond acceptors (Lipinski definition) is 3. The highest BCUT2D eigenvalue weighted by molar-refractivity contribution is 7.98. The van der Waals surface area contributed by atoms with Crippen LogP contribution in [0, 0.1) is 0 Å². The summed E-state index contributed by atoms with van der Waals surface area (Å²) in [4.78, 5) is 3.69. The van der Waals surface area contributed by atoms with Crippen molar-refractivity contribution in [3.63, 3.8) is 0 Å². The minimum atomic E-state index is -0.0613. The summed E-state index contributed by atoms with van der Waals surface area (Å²) in [7, 11) is 2.17. The maximum absolute atomic E-state index is 5.99. The van der Waals surface area contributed by atoms with Crippen molar-refractivity contribution in [3.8, 4) is 0 Å². The molecule has 0 aliphatic rings. The standard InChI is InChI=1S/C15H26N2S/c1-15(2,16)10-12-17(3)11-9-13-5-7-14(18-4)8-6-13/h5-8H,9-12,16H2,1-4H3. The molecule has 0 heterocycles. The highest BCUT2D eigenvalue weighted by Crippen LogP contribution is 2.15. The molecule has 0 bridgehead atoms. The van der Waals surface area contributed by atoms with Crippen molar-refractivity contribution in [1.29, 1.82) is 0 Å². The summed E-state index contributed by atoms with van der Waals surface area (Å²) in [5.41, 5.74) is 7.34. The predicted octanol–water partition coefficient (Wildman–Crippen LogP) is 3.01. The van der Waals surface area contributed by atoms with Crippen LogP contribution in [0.4, 0.5) is 0 Å². The van der Waals surface area contributed by atoms with E-state index in [1.807, 2.05) is 0 Å². The van der Waals surface area contributed by atoms with Crippen LogP contribution >= 0.6 is 11.8 Å². The van der Waals surface area contributed by atoms with Crippen LogP contribution in [0.3, 0.4) is 0 Å². The molecule has 0 atom stereocenters. The smallest absolute Gasteiger partial charge is 0.0109 e. The lowest BCUT2D eigenvalue weighted by molar-refractivity contribution is 0.298. The van der Waals surface area contributed by atoms with E-state index < -0.39 is 0 Å². The van der Waals surface area contributed by atoms with Gasteiger partial charge < -0.3 is 10.6 Å². The van der Waals surface area contributed by atoms with Gasteiger partial charge in [0.2, 0.25) is 0 Å². The number of benzene rings is 1. The molecule has 0 spiro atoms. The van der Waals surface area contributed by atoms with E-state index in [9.17, 15) is 0 Å². The largest absolute Gasteiger partial charge is 0.326 e. The quantitative estimate of drug-likeness (QED) is 0.769. The second-order valence-corrected chi connectivity index (χ2v) is 6.52. The highest BCUT2D eigenvalue weighted by atomic mass is 32.2. The average molecular weight is 266 g/mol. The van der Waals surface area contributed by atoms with E-state index in [0.717, 1.165) is 25.9 Å². The first-order chi connectivity index (χ1) is 8.40. The Labute approximate surface area is 116 Å². The lowest BCUT2D eigenvalue weighted by atomic mass is 10.0. The minimum absolute atomic E-state index is 0.0613. The molecule has 0 saturated carbocycles. The van der Waals surface area contributed by atoms with Crippen LogP contribution in [0.15, 0.2) is 29.2 Å². The molecule has 0 aliphatic heterocycles. The van der Waals surface area contributed by atoms with Crippen LogP contribution in [0.1, 0.15) is 25.8 Å². The Bertz CT molecular complexity index is 341. The zero-order chi connectivity index (χ0) is 13.6. The SMILES string of the molecule is CSc1ccc(CCN(C)CCC(C)(C)N)cc1. The maximum Gasteiger partial charge on any atom is 0.0109 e. The van der Waals surface area contributed by atoms with Crippen LogP contribution in [0.2, 0.25) is 0 Å². The van der Waals surface area contributed by atoms with Gasteiger partial charge in [-0.15, -0.1) is 11.8 Å². The van der Waals surface area contributed by atoms with Crippen molar-refractivity contribution in [2.24, 2.45) is 5.73 Å². The number of rotatable bonds is 7. The number of thioether (sulfide) groups is 1. The predicted molar refractivity (Wildman–Crippen MR) is 82.3 cm³/mol. The molecule has 1 aromatic rings. The average Bonchev–Trinajstić information content (AvgIpc) is 2.33. The molecular formula is C15H26N2S. The first-order valence-electron chi connectivity index (χ1n) is 6.51. The topological polar surface area (TPSA) is 29.3 Å². The molecule has 2 N–H and O–H groups in total. The maximum atomic E-state index is 5.99. The summed E-state index contributed by atoms with van der Waals surface area (Å²) in [5.74, 6) is 0. The monoisotopic (exact) mass is 266 g/mol. The van der Waals surface area contributed by atoms with Crippen LogP contribution in [0.25, 0.3) is 0 Å². The molecular weight excluding hydrogens is 240 g/mol. The Morgan fingerprint density at radius 3 is 2.28 bits per heavy atom. The summed E-state index contributed by atoms with van der Waals surface area (Å²) in [6.45, 7) is 6.32. The molecule has 0 amide bonds. The molecule has 0 radical (unpaired) electrons. The Kier molecular flexibility index (Phi) is 6.19. The van der Waals surface area contributed by atoms with Gasteiger partial charge in [-0.3, -0.25) is 0 Å². The first kappa shape index (κ1) is 15.5. The Morgan fingerprint density at radius 1 is 1.17 bits per heavy atom. The molecule has 102 valence electrons. The van der Waals surface area contributed by atoms with Crippen molar-refractivity contribution in [2.45, 2.75) is 37.1 Å². The summed E-state index contributed by atoms with van der Waals surface area (Å²) in [6, 6.07) is 8.85. The summed E-state index contributed by atoms with van der Waals surface area (Å²) in [5, 5.41) is 0. The Morgan fingerprint density at radius 2 is 1.78 bits per heavy atom. The molecule has 18 heavy (non-hydrogen) atoms. The van der Waals surface area contributed by atoms with Gasteiger partial charge in [0.15, 0.2) is 0 Å². The summed E-state index contributed by atoms with van der Waals surface area (Å²) in [6.07, 6.45) is 4.25. The number of nitrogens with zero attached hydrogens (tertiary/aromatic N) is 1. The number of nitrogens with two attached hydrogens (primary N) is 1. The zero-order valence-electron chi connectivity index (χ0n) is 12.1. The van der Waals surface area contributed by atoms with Gasteiger partial charge in [-0.25, -0.2) is 0 Å². The van der Waals surface area contributed by atoms with Gasteiger partial charge in [0, 0.05) is 17.0 Å². The van der Waals surface area contributed by atoms with Crippen molar-refractivity contribution in [1.82, 2.24) is 4.90 Å². The van der Waals surface area contributed by atoms with Crippen molar-refractivity contribution in [2.75, 3.05) is 26.4 Å². The van der Waals surface area contributed by atoms with Crippen LogP contribution in [-0.4, -0.2) is 36.8 Å². The third-order valence-corrected chi connectivity index (χ3v) is 3.82. The van der Waals surface area contributed by atoms with E-state index in [1.165, 1.54) is 10.5 Å². The molecule has 0 aromatic heterocycles. The molecule has 0 fully saturated rings. The third kappa shape index (κ3) is 6.43. The van der Waals surface area contributed by atoms with Crippen molar-refractivity contribution < 1.29 is 0 Å². The zero-order valence-corrected chi connectivity index (χ0v) is 12.9. The summed E-state index contributed by atoms with van der Waals surface area (Å²) < 4.78 is 0. The molecule has 3 heteroatoms. The fourth-order valence-corrected chi connectivity index (χ4v) is 2.11. The van der Waals surface area contributed by atoms with Gasteiger partial charge in [-0.05, 0) is 64.2 Å². The molecule has 1 rings (SSSR count). The van der Waals surface area contributed by atoms with Crippen molar-refractivity contribution >= 4 is 11.8 Å². The van der Waals surface area contributed by atoms with Crippen LogP contribution < -0.4 is 5.73 Å². The molecule has 0 unspecified atom stereocenters. The van der Waals surface area contributed by atoms with Gasteiger partial charge in [-0.2, -0.15) is 0 Å². The van der Waals surface area contributed by atoms with Crippen molar-refractivity contribution in [3.05, 3.63) is 29.8 Å². The van der Waals surface area contributed by atoms with Crippen LogP contribution in [-0.2, 0) is 6.42 Å². The van der Waals surface area contributed by atoms with Crippen LogP contribution in [0.5, 0.6) is 0 Å². The second-order valence-electron chi connectivity index (χ2n) is 5.64. The minimum Gasteiger partial charge on any atom is -0.326 e. The van der Waals surface area contributed by atoms with E-state index in [0.29, 0.717) is 0 Å². The Balaban J connectivity index is 2.31. The van der Waals surface area contributed by atoms with Gasteiger partial charge >= 0.3 is 0 Å². The molecule has 2 nitrogen and oxygen atoms in total. The van der Waals surface area contributed by atoms with E-state index in [-0.39, 0.29) is 5.54 Å². The Hall–Kier alpha value is -0.510. The van der Waals surface area contributed by atoms with E-state index in [1.54, 1.807) is 11.8 Å². The third-order valence-electron chi connectivity index (χ3n) is 3.08. The summed E-state index contributed by atoms with van der Waals surface area (Å²) >= 11 is 1.79. The van der Waals surface area contributed by atoms with E-state index >= 15 is 0 Å². The first-order valence-corrected chi connectivity index (χ1v) is 7.73. The normalized spacial score (nSPS) is 12.1. The lowest BCUT2D eigenvalue weighted by Gasteiger charge is -2.23. The van der Waals surface area contributed by atoms with Gasteiger partial charge in [0.25, 0.3) is 0 Å².